The molecule has 4 N–H and O–H groups in total. The molecule has 2 aliphatic heterocycles. The first-order chi connectivity index (χ1) is 19.0. The number of aromatic nitrogens is 4. The molecule has 1 aromatic carbocycles. The summed E-state index contributed by atoms with van der Waals surface area (Å²) in [6.07, 6.45) is -3.89. The van der Waals surface area contributed by atoms with Gasteiger partial charge in [-0.2, -0.15) is 33.5 Å². The van der Waals surface area contributed by atoms with Gasteiger partial charge in [-0.15, -0.1) is 0 Å². The van der Waals surface area contributed by atoms with Crippen molar-refractivity contribution in [2.45, 2.75) is 44.5 Å². The highest BCUT2D eigenvalue weighted by atomic mass is 19.4. The number of alkyl halides is 3. The number of hydrogen-bond acceptors (Lipinski definition) is 9. The summed E-state index contributed by atoms with van der Waals surface area (Å²) in [7, 11) is 0. The van der Waals surface area contributed by atoms with Crippen molar-refractivity contribution in [1.82, 2.24) is 25.1 Å². The Morgan fingerprint density at radius 1 is 1.27 bits per heavy atom. The zero-order valence-electron chi connectivity index (χ0n) is 21.5. The summed E-state index contributed by atoms with van der Waals surface area (Å²) in [5, 5.41) is 25.9. The Balaban J connectivity index is 1.41. The minimum atomic E-state index is -4.85. The first-order valence-electron chi connectivity index (χ1n) is 12.6. The number of aryl methyl sites for hydroxylation is 1. The molecule has 40 heavy (non-hydrogen) atoms. The fourth-order valence-electron chi connectivity index (χ4n) is 5.35. The van der Waals surface area contributed by atoms with Crippen LogP contribution in [0.4, 0.5) is 24.9 Å². The lowest BCUT2D eigenvalue weighted by Crippen LogP contribution is -2.41. The average molecular weight is 557 g/mol. The summed E-state index contributed by atoms with van der Waals surface area (Å²) in [5.41, 5.74) is 6.26. The van der Waals surface area contributed by atoms with Crippen LogP contribution in [-0.2, 0) is 4.79 Å². The predicted octanol–water partition coefficient (Wildman–Crippen LogP) is 3.14. The first-order valence-corrected chi connectivity index (χ1v) is 12.6. The molecule has 0 bridgehead atoms. The van der Waals surface area contributed by atoms with Crippen LogP contribution >= 0.6 is 0 Å². The van der Waals surface area contributed by atoms with E-state index in [4.69, 9.17) is 10.5 Å². The lowest BCUT2D eigenvalue weighted by Gasteiger charge is -2.39. The third-order valence-electron chi connectivity index (χ3n) is 7.46. The van der Waals surface area contributed by atoms with Gasteiger partial charge in [0.15, 0.2) is 0 Å². The van der Waals surface area contributed by atoms with Crippen molar-refractivity contribution in [3.63, 3.8) is 0 Å². The van der Waals surface area contributed by atoms with E-state index in [2.05, 4.69) is 20.4 Å². The number of nitrogen functional groups attached to an aromatic ring is 1. The lowest BCUT2D eigenvalue weighted by atomic mass is 9.76. The Morgan fingerprint density at radius 3 is 2.62 bits per heavy atom. The van der Waals surface area contributed by atoms with Crippen molar-refractivity contribution < 1.29 is 27.8 Å². The molecule has 2 aromatic heterocycles. The Morgan fingerprint density at radius 2 is 2.02 bits per heavy atom. The highest BCUT2D eigenvalue weighted by molar-refractivity contribution is 5.74. The molecule has 2 fully saturated rings. The van der Waals surface area contributed by atoms with Crippen LogP contribution in [0.2, 0.25) is 0 Å². The molecule has 0 amide bonds. The normalized spacial score (nSPS) is 19.4. The van der Waals surface area contributed by atoms with Crippen molar-refractivity contribution in [3.8, 4) is 17.6 Å². The average Bonchev–Trinajstić information content (AvgIpc) is 3.53. The maximum atomic E-state index is 14.4. The number of carboxylic acids is 1. The van der Waals surface area contributed by atoms with E-state index < -0.39 is 24.3 Å². The molecule has 1 spiro atoms. The number of benzene rings is 1. The fourth-order valence-corrected chi connectivity index (χ4v) is 5.35. The van der Waals surface area contributed by atoms with E-state index in [9.17, 15) is 28.3 Å². The number of aliphatic carboxylic acids is 1. The second-order valence-corrected chi connectivity index (χ2v) is 10.2. The number of nitrogens with one attached hydrogen (secondary N) is 1. The smallest absolute Gasteiger partial charge is 0.429 e. The zero-order valence-corrected chi connectivity index (χ0v) is 21.5. The van der Waals surface area contributed by atoms with E-state index >= 15 is 0 Å². The zero-order chi connectivity index (χ0) is 28.7. The van der Waals surface area contributed by atoms with Crippen LogP contribution in [0, 0.1) is 23.7 Å². The Labute approximate surface area is 227 Å². The molecule has 0 radical (unpaired) electrons. The maximum absolute atomic E-state index is 14.4. The van der Waals surface area contributed by atoms with E-state index in [0.717, 1.165) is 0 Å². The molecule has 0 saturated carbocycles. The second kappa shape index (κ2) is 10.3. The molecule has 2 atom stereocenters. The van der Waals surface area contributed by atoms with Crippen molar-refractivity contribution in [2.24, 2.45) is 5.41 Å². The van der Waals surface area contributed by atoms with Gasteiger partial charge in [-0.05, 0) is 49.8 Å². The van der Waals surface area contributed by atoms with Crippen molar-refractivity contribution in [1.29, 1.82) is 5.26 Å². The number of nitriles is 1. The standard InChI is InChI=1S/C26H27F3N8O3/c1-15-4-7-37(35-15)19-10-16(13-30)2-3-17(19)22(26(27,28)29)40-21-11-20(33-24(31)34-21)36-8-5-25(6-9-36)12-18(23(38)39)32-14-25/h2-4,7,10-11,18,22,32H,5-6,8-9,12,14H2,1H3,(H,38,39)(H2,31,33,34). The topological polar surface area (TPSA) is 155 Å². The maximum Gasteiger partial charge on any atom is 0.429 e. The number of anilines is 2. The van der Waals surface area contributed by atoms with E-state index in [1.54, 1.807) is 13.0 Å². The van der Waals surface area contributed by atoms with Gasteiger partial charge in [-0.3, -0.25) is 4.79 Å². The van der Waals surface area contributed by atoms with Crippen molar-refractivity contribution in [2.75, 3.05) is 30.3 Å². The monoisotopic (exact) mass is 556 g/mol. The number of halogens is 3. The van der Waals surface area contributed by atoms with Gasteiger partial charge in [0.2, 0.25) is 17.9 Å². The number of nitrogens with two attached hydrogens (primary N) is 1. The van der Waals surface area contributed by atoms with Gasteiger partial charge in [0.05, 0.1) is 23.0 Å². The molecular weight excluding hydrogens is 529 g/mol. The van der Waals surface area contributed by atoms with Crippen LogP contribution < -0.4 is 20.7 Å². The molecular formula is C26H27F3N8O3. The van der Waals surface area contributed by atoms with E-state index in [0.29, 0.717) is 50.4 Å². The second-order valence-electron chi connectivity index (χ2n) is 10.2. The highest BCUT2D eigenvalue weighted by Crippen LogP contribution is 2.42. The molecule has 11 nitrogen and oxygen atoms in total. The van der Waals surface area contributed by atoms with E-state index in [1.807, 2.05) is 11.0 Å². The van der Waals surface area contributed by atoms with Gasteiger partial charge < -0.3 is 25.8 Å². The van der Waals surface area contributed by atoms with Crippen molar-refractivity contribution in [3.05, 3.63) is 53.3 Å². The van der Waals surface area contributed by atoms with Crippen LogP contribution in [0.5, 0.6) is 5.88 Å². The SMILES string of the molecule is Cc1ccn(-c2cc(C#N)ccc2C(Oc2cc(N3CCC4(CC3)CNC(C(=O)O)C4)nc(N)n2)C(F)(F)F)n1. The summed E-state index contributed by atoms with van der Waals surface area (Å²) in [5.74, 6) is -1.16. The molecule has 2 unspecified atom stereocenters. The van der Waals surface area contributed by atoms with Gasteiger partial charge >= 0.3 is 12.1 Å². The largest absolute Gasteiger partial charge is 0.480 e. The van der Waals surface area contributed by atoms with Gasteiger partial charge in [0, 0.05) is 37.5 Å². The third-order valence-corrected chi connectivity index (χ3v) is 7.46. The van der Waals surface area contributed by atoms with Crippen LogP contribution in [0.1, 0.15) is 42.2 Å². The van der Waals surface area contributed by atoms with Gasteiger partial charge in [0.25, 0.3) is 0 Å². The molecule has 2 saturated heterocycles. The van der Waals surface area contributed by atoms with Gasteiger partial charge in [-0.25, -0.2) is 4.68 Å². The quantitative estimate of drug-likeness (QED) is 0.412. The number of carbonyl (C=O) groups is 1. The number of piperidine rings is 1. The Bertz CT molecular complexity index is 1460. The number of hydrogen-bond donors (Lipinski definition) is 3. The fraction of sp³-hybridized carbons (Fsp3) is 0.423. The number of nitrogens with zero attached hydrogens (tertiary/aromatic N) is 6. The summed E-state index contributed by atoms with van der Waals surface area (Å²) < 4.78 is 50.0. The minimum Gasteiger partial charge on any atom is -0.480 e. The number of rotatable bonds is 6. The molecule has 5 rings (SSSR count). The van der Waals surface area contributed by atoms with E-state index in [1.165, 1.54) is 35.1 Å². The molecule has 4 heterocycles. The van der Waals surface area contributed by atoms with Crippen molar-refractivity contribution >= 4 is 17.7 Å². The van der Waals surface area contributed by atoms with Gasteiger partial charge in [-0.1, -0.05) is 6.07 Å². The Hall–Kier alpha value is -4.38. The molecule has 0 aliphatic carbocycles. The molecule has 14 heteroatoms. The minimum absolute atomic E-state index is 0.0443. The van der Waals surface area contributed by atoms with Crippen LogP contribution in [0.15, 0.2) is 36.5 Å². The molecule has 3 aromatic rings. The summed E-state index contributed by atoms with van der Waals surface area (Å²) >= 11 is 0. The van der Waals surface area contributed by atoms with Gasteiger partial charge in [0.1, 0.15) is 11.9 Å². The Kier molecular flexibility index (Phi) is 7.01. The first kappa shape index (κ1) is 27.2. The highest BCUT2D eigenvalue weighted by Gasteiger charge is 2.46. The molecule has 210 valence electrons. The predicted molar refractivity (Wildman–Crippen MR) is 137 cm³/mol. The summed E-state index contributed by atoms with van der Waals surface area (Å²) in [6, 6.07) is 8.11. The number of carboxylic acid groups (broad SMARTS) is 1. The van der Waals surface area contributed by atoms with Crippen LogP contribution in [0.3, 0.4) is 0 Å². The van der Waals surface area contributed by atoms with Crippen LogP contribution in [-0.4, -0.2) is 62.7 Å². The summed E-state index contributed by atoms with van der Waals surface area (Å²) in [4.78, 5) is 21.4. The summed E-state index contributed by atoms with van der Waals surface area (Å²) in [6.45, 7) is 3.33. The van der Waals surface area contributed by atoms with Crippen LogP contribution in [0.25, 0.3) is 5.69 Å². The molecule has 2 aliphatic rings. The van der Waals surface area contributed by atoms with E-state index in [-0.39, 0.29) is 34.1 Å². The third kappa shape index (κ3) is 5.50. The number of ether oxygens (including phenoxy) is 1. The lowest BCUT2D eigenvalue weighted by molar-refractivity contribution is -0.198.